The average Bonchev–Trinajstić information content (AvgIpc) is 2.81. The van der Waals surface area contributed by atoms with Crippen LogP contribution in [0.15, 0.2) is 0 Å². The van der Waals surface area contributed by atoms with E-state index in [2.05, 4.69) is 5.32 Å². The van der Waals surface area contributed by atoms with E-state index in [-0.39, 0.29) is 17.4 Å². The third kappa shape index (κ3) is 4.47. The maximum absolute atomic E-state index is 12.8. The highest BCUT2D eigenvalue weighted by molar-refractivity contribution is 8.13. The van der Waals surface area contributed by atoms with Crippen molar-refractivity contribution in [2.24, 2.45) is 5.92 Å². The molecule has 0 aliphatic carbocycles. The molecule has 1 aliphatic heterocycles. The summed E-state index contributed by atoms with van der Waals surface area (Å²) in [6.45, 7) is 6.73. The van der Waals surface area contributed by atoms with Crippen LogP contribution in [-0.2, 0) is 14.3 Å². The molecule has 0 spiro atoms. The first kappa shape index (κ1) is 20.4. The monoisotopic (exact) mass is 361 g/mol. The molecule has 136 valence electrons. The first-order valence-corrected chi connectivity index (χ1v) is 8.87. The molecule has 1 saturated heterocycles. The predicted octanol–water partition coefficient (Wildman–Crippen LogP) is 1.83. The van der Waals surface area contributed by atoms with Crippen LogP contribution in [0.4, 0.5) is 9.59 Å². The van der Waals surface area contributed by atoms with E-state index in [0.29, 0.717) is 13.0 Å². The Balaban J connectivity index is 2.91. The van der Waals surface area contributed by atoms with Crippen molar-refractivity contribution in [1.82, 2.24) is 5.32 Å². The van der Waals surface area contributed by atoms with Crippen molar-refractivity contribution in [1.29, 1.82) is 0 Å². The number of quaternary nitrogens is 1. The SMILES string of the molecule is CCNC(=O)O[C@@H]1C[C@@H](C)[N@@+](C(=O)O)(C(=O)C(C)CSC(C)=O)C1. The molecule has 4 atom stereocenters. The van der Waals surface area contributed by atoms with Crippen molar-refractivity contribution in [3.63, 3.8) is 0 Å². The number of carboxylic acid groups (broad SMARTS) is 1. The molecule has 0 aromatic carbocycles. The van der Waals surface area contributed by atoms with Gasteiger partial charge in [-0.15, -0.1) is 0 Å². The van der Waals surface area contributed by atoms with E-state index in [1.54, 1.807) is 20.8 Å². The highest BCUT2D eigenvalue weighted by atomic mass is 32.2. The van der Waals surface area contributed by atoms with Crippen molar-refractivity contribution >= 4 is 35.0 Å². The van der Waals surface area contributed by atoms with Crippen LogP contribution in [0, 0.1) is 5.92 Å². The zero-order valence-electron chi connectivity index (χ0n) is 14.4. The van der Waals surface area contributed by atoms with Crippen LogP contribution < -0.4 is 5.32 Å². The second-order valence-corrected chi connectivity index (χ2v) is 7.22. The Morgan fingerprint density at radius 2 is 2.00 bits per heavy atom. The number of carbonyl (C=O) groups excluding carboxylic acids is 3. The number of thioether (sulfide) groups is 1. The smallest absolute Gasteiger partial charge is 0.440 e. The molecule has 0 bridgehead atoms. The van der Waals surface area contributed by atoms with E-state index in [1.807, 2.05) is 0 Å². The number of nitrogens with one attached hydrogen (secondary N) is 1. The molecule has 9 heteroatoms. The Morgan fingerprint density at radius 1 is 1.38 bits per heavy atom. The number of rotatable bonds is 5. The number of likely N-dealkylation sites (tertiary alicyclic amines) is 1. The Bertz CT molecular complexity index is 526. The first-order chi connectivity index (χ1) is 11.1. The first-order valence-electron chi connectivity index (χ1n) is 7.88. The molecule has 1 fully saturated rings. The van der Waals surface area contributed by atoms with E-state index in [1.165, 1.54) is 6.92 Å². The Kier molecular flexibility index (Phi) is 7.22. The molecule has 1 aliphatic rings. The molecule has 24 heavy (non-hydrogen) atoms. The van der Waals surface area contributed by atoms with E-state index in [9.17, 15) is 24.3 Å². The van der Waals surface area contributed by atoms with Crippen LogP contribution in [0.25, 0.3) is 0 Å². The number of ether oxygens (including phenoxy) is 1. The molecular weight excluding hydrogens is 336 g/mol. The second-order valence-electron chi connectivity index (χ2n) is 6.02. The summed E-state index contributed by atoms with van der Waals surface area (Å²) in [5.74, 6) is -0.831. The molecule has 1 unspecified atom stereocenters. The third-order valence-electron chi connectivity index (χ3n) is 4.14. The number of imide groups is 1. The van der Waals surface area contributed by atoms with Crippen LogP contribution in [0.1, 0.15) is 34.1 Å². The fraction of sp³-hybridized carbons (Fsp3) is 0.733. The lowest BCUT2D eigenvalue weighted by Gasteiger charge is -2.31. The van der Waals surface area contributed by atoms with Gasteiger partial charge in [-0.05, 0) is 20.8 Å². The van der Waals surface area contributed by atoms with E-state index in [4.69, 9.17) is 4.74 Å². The Morgan fingerprint density at radius 3 is 2.50 bits per heavy atom. The summed E-state index contributed by atoms with van der Waals surface area (Å²) < 4.78 is 4.44. The van der Waals surface area contributed by atoms with Gasteiger partial charge in [-0.25, -0.2) is 9.59 Å². The van der Waals surface area contributed by atoms with Crippen LogP contribution in [0.2, 0.25) is 0 Å². The lowest BCUT2D eigenvalue weighted by Crippen LogP contribution is -2.61. The van der Waals surface area contributed by atoms with Gasteiger partial charge >= 0.3 is 18.1 Å². The molecule has 0 aromatic rings. The maximum atomic E-state index is 12.8. The van der Waals surface area contributed by atoms with Crippen LogP contribution in [0.5, 0.6) is 0 Å². The minimum Gasteiger partial charge on any atom is -0.440 e. The number of hydrogen-bond donors (Lipinski definition) is 2. The number of amides is 3. The molecule has 0 aromatic heterocycles. The van der Waals surface area contributed by atoms with Crippen molar-refractivity contribution in [3.05, 3.63) is 0 Å². The van der Waals surface area contributed by atoms with Crippen LogP contribution in [-0.4, -0.2) is 63.8 Å². The van der Waals surface area contributed by atoms with Crippen molar-refractivity contribution in [2.75, 3.05) is 18.8 Å². The van der Waals surface area contributed by atoms with Gasteiger partial charge in [0.25, 0.3) is 0 Å². The number of carbonyl (C=O) groups is 4. The van der Waals surface area contributed by atoms with E-state index < -0.39 is 40.6 Å². The van der Waals surface area contributed by atoms with Crippen molar-refractivity contribution in [2.45, 2.75) is 46.3 Å². The zero-order valence-corrected chi connectivity index (χ0v) is 15.2. The summed E-state index contributed by atoms with van der Waals surface area (Å²) in [6, 6.07) is -0.515. The molecule has 1 heterocycles. The molecular formula is C15H25N2O6S+. The number of alkyl carbamates (subject to hydrolysis) is 1. The molecule has 8 nitrogen and oxygen atoms in total. The number of hydrogen-bond acceptors (Lipinski definition) is 6. The molecule has 2 N–H and O–H groups in total. The van der Waals surface area contributed by atoms with Gasteiger partial charge in [0.2, 0.25) is 0 Å². The van der Waals surface area contributed by atoms with Gasteiger partial charge in [0.1, 0.15) is 12.6 Å². The average molecular weight is 361 g/mol. The lowest BCUT2D eigenvalue weighted by atomic mass is 10.1. The predicted molar refractivity (Wildman–Crippen MR) is 88.5 cm³/mol. The quantitative estimate of drug-likeness (QED) is 0.719. The fourth-order valence-corrected chi connectivity index (χ4v) is 3.56. The van der Waals surface area contributed by atoms with E-state index >= 15 is 0 Å². The summed E-state index contributed by atoms with van der Waals surface area (Å²) in [5.41, 5.74) is 0. The minimum absolute atomic E-state index is 0.0957. The van der Waals surface area contributed by atoms with Gasteiger partial charge < -0.3 is 15.2 Å². The van der Waals surface area contributed by atoms with Gasteiger partial charge in [-0.3, -0.25) is 4.79 Å². The summed E-state index contributed by atoms with van der Waals surface area (Å²) in [5, 5.41) is 12.1. The van der Waals surface area contributed by atoms with Crippen LogP contribution in [0.3, 0.4) is 0 Å². The minimum atomic E-state index is -1.26. The van der Waals surface area contributed by atoms with Gasteiger partial charge in [0, 0.05) is 25.6 Å². The summed E-state index contributed by atoms with van der Waals surface area (Å²) in [4.78, 5) is 47.3. The van der Waals surface area contributed by atoms with Gasteiger partial charge in [-0.1, -0.05) is 11.8 Å². The van der Waals surface area contributed by atoms with Gasteiger partial charge in [0.05, 0.1) is 5.92 Å². The van der Waals surface area contributed by atoms with Gasteiger partial charge in [0.15, 0.2) is 11.2 Å². The molecule has 3 amide bonds. The highest BCUT2D eigenvalue weighted by Crippen LogP contribution is 2.32. The Hall–Kier alpha value is -1.61. The standard InChI is InChI=1S/C15H24N2O6S/c1-5-16-14(20)23-12-6-10(3)17(7-12,15(21)22)13(19)9(2)8-24-11(4)18/h9-10,12H,5-8H2,1-4H3,(H-,16,20,21,22)/p+1/t9?,10-,12-,17-/m1/s1. The normalized spacial score (nSPS) is 27.3. The summed E-state index contributed by atoms with van der Waals surface area (Å²) in [7, 11) is 0. The lowest BCUT2D eigenvalue weighted by molar-refractivity contribution is -0.795. The van der Waals surface area contributed by atoms with Crippen molar-refractivity contribution in [3.8, 4) is 0 Å². The fourth-order valence-electron chi connectivity index (χ4n) is 2.93. The topological polar surface area (TPSA) is 110 Å². The zero-order chi connectivity index (χ0) is 18.5. The summed E-state index contributed by atoms with van der Waals surface area (Å²) >= 11 is 0.998. The summed E-state index contributed by atoms with van der Waals surface area (Å²) in [6.07, 6.45) is -2.22. The molecule has 0 saturated carbocycles. The third-order valence-corrected chi connectivity index (χ3v) is 5.21. The molecule has 0 radical (unpaired) electrons. The Labute approximate surface area is 145 Å². The van der Waals surface area contributed by atoms with Crippen molar-refractivity contribution < 1.29 is 33.5 Å². The maximum Gasteiger partial charge on any atom is 0.521 e. The highest BCUT2D eigenvalue weighted by Gasteiger charge is 2.58. The van der Waals surface area contributed by atoms with Crippen LogP contribution >= 0.6 is 11.8 Å². The number of nitrogens with zero attached hydrogens (tertiary/aromatic N) is 1. The molecule has 1 rings (SSSR count). The van der Waals surface area contributed by atoms with Gasteiger partial charge in [-0.2, -0.15) is 9.28 Å². The second kappa shape index (κ2) is 8.48. The van der Waals surface area contributed by atoms with E-state index in [0.717, 1.165) is 11.8 Å². The largest absolute Gasteiger partial charge is 0.521 e.